The molecule has 0 spiro atoms. The summed E-state index contributed by atoms with van der Waals surface area (Å²) in [4.78, 5) is 0. The minimum absolute atomic E-state index is 0.478. The molecule has 72 valence electrons. The number of hydrogen-bond acceptors (Lipinski definition) is 4. The number of rotatable bonds is 3. The van der Waals surface area contributed by atoms with Crippen molar-refractivity contribution in [2.24, 2.45) is 0 Å². The lowest BCUT2D eigenvalue weighted by molar-refractivity contribution is 0.304. The summed E-state index contributed by atoms with van der Waals surface area (Å²) in [6, 6.07) is 7.70. The molecule has 0 aliphatic carbocycles. The molecule has 2 aromatic rings. The smallest absolute Gasteiger partial charge is 0.154 e. The standard InChI is InChI=1S/C9H7BrN2OS/c10-7-1-3-8(4-2-7)13-5-9-12-11-6-14-9/h1-4,6H,5H2. The quantitative estimate of drug-likeness (QED) is 0.861. The van der Waals surface area contributed by atoms with Gasteiger partial charge in [0.15, 0.2) is 5.01 Å². The van der Waals surface area contributed by atoms with E-state index in [0.717, 1.165) is 15.2 Å². The first-order chi connectivity index (χ1) is 6.84. The van der Waals surface area contributed by atoms with Gasteiger partial charge in [0.2, 0.25) is 0 Å². The highest BCUT2D eigenvalue weighted by atomic mass is 79.9. The van der Waals surface area contributed by atoms with Crippen molar-refractivity contribution in [1.29, 1.82) is 0 Å². The maximum Gasteiger partial charge on any atom is 0.154 e. The van der Waals surface area contributed by atoms with E-state index in [1.165, 1.54) is 11.3 Å². The van der Waals surface area contributed by atoms with Crippen molar-refractivity contribution >= 4 is 27.3 Å². The zero-order valence-electron chi connectivity index (χ0n) is 7.18. The molecule has 0 bridgehead atoms. The molecule has 3 nitrogen and oxygen atoms in total. The first-order valence-corrected chi connectivity index (χ1v) is 5.65. The van der Waals surface area contributed by atoms with Crippen molar-refractivity contribution in [2.75, 3.05) is 0 Å². The summed E-state index contributed by atoms with van der Waals surface area (Å²) in [5.41, 5.74) is 1.69. The van der Waals surface area contributed by atoms with Crippen molar-refractivity contribution in [3.05, 3.63) is 39.3 Å². The largest absolute Gasteiger partial charge is 0.486 e. The van der Waals surface area contributed by atoms with Crippen LogP contribution in [0.5, 0.6) is 5.75 Å². The molecule has 1 aromatic carbocycles. The van der Waals surface area contributed by atoms with E-state index >= 15 is 0 Å². The molecule has 0 aliphatic heterocycles. The van der Waals surface area contributed by atoms with E-state index in [4.69, 9.17) is 4.74 Å². The highest BCUT2D eigenvalue weighted by Gasteiger charge is 1.98. The molecule has 0 radical (unpaired) electrons. The summed E-state index contributed by atoms with van der Waals surface area (Å²) in [5.74, 6) is 0.836. The van der Waals surface area contributed by atoms with Crippen LogP contribution in [0.2, 0.25) is 0 Å². The van der Waals surface area contributed by atoms with Gasteiger partial charge in [0.1, 0.15) is 17.9 Å². The van der Waals surface area contributed by atoms with Crippen LogP contribution in [-0.4, -0.2) is 10.2 Å². The van der Waals surface area contributed by atoms with Crippen molar-refractivity contribution < 1.29 is 4.74 Å². The summed E-state index contributed by atoms with van der Waals surface area (Å²) >= 11 is 4.85. The zero-order chi connectivity index (χ0) is 9.80. The van der Waals surface area contributed by atoms with Gasteiger partial charge in [0, 0.05) is 4.47 Å². The van der Waals surface area contributed by atoms with E-state index in [1.54, 1.807) is 5.51 Å². The third kappa shape index (κ3) is 2.52. The molecule has 2 rings (SSSR count). The molecule has 1 aromatic heterocycles. The number of halogens is 1. The van der Waals surface area contributed by atoms with Crippen LogP contribution >= 0.6 is 27.3 Å². The lowest BCUT2D eigenvalue weighted by Gasteiger charge is -2.02. The molecule has 0 fully saturated rings. The van der Waals surface area contributed by atoms with E-state index in [-0.39, 0.29) is 0 Å². The maximum absolute atomic E-state index is 5.49. The fraction of sp³-hybridized carbons (Fsp3) is 0.111. The van der Waals surface area contributed by atoms with E-state index in [9.17, 15) is 0 Å². The molecular weight excluding hydrogens is 264 g/mol. The Bertz CT molecular complexity index is 388. The first kappa shape index (κ1) is 9.61. The Kier molecular flexibility index (Phi) is 3.10. The monoisotopic (exact) mass is 270 g/mol. The molecule has 0 amide bonds. The summed E-state index contributed by atoms with van der Waals surface area (Å²) in [6.07, 6.45) is 0. The van der Waals surface area contributed by atoms with Gasteiger partial charge in [-0.05, 0) is 24.3 Å². The second kappa shape index (κ2) is 4.52. The lowest BCUT2D eigenvalue weighted by Crippen LogP contribution is -1.94. The minimum Gasteiger partial charge on any atom is -0.486 e. The van der Waals surface area contributed by atoms with E-state index < -0.39 is 0 Å². The van der Waals surface area contributed by atoms with E-state index in [1.807, 2.05) is 24.3 Å². The highest BCUT2D eigenvalue weighted by molar-refractivity contribution is 9.10. The fourth-order valence-electron chi connectivity index (χ4n) is 0.935. The van der Waals surface area contributed by atoms with Crippen LogP contribution in [0.4, 0.5) is 0 Å². The Morgan fingerprint density at radius 3 is 2.71 bits per heavy atom. The van der Waals surface area contributed by atoms with E-state index in [0.29, 0.717) is 6.61 Å². The van der Waals surface area contributed by atoms with Crippen LogP contribution in [0.1, 0.15) is 5.01 Å². The SMILES string of the molecule is Brc1ccc(OCc2nncs2)cc1. The average molecular weight is 271 g/mol. The van der Waals surface area contributed by atoms with Gasteiger partial charge in [-0.1, -0.05) is 15.9 Å². The molecule has 1 heterocycles. The molecule has 0 atom stereocenters. The fourth-order valence-corrected chi connectivity index (χ4v) is 1.64. The molecule has 5 heteroatoms. The van der Waals surface area contributed by atoms with Crippen molar-refractivity contribution in [3.8, 4) is 5.75 Å². The Labute approximate surface area is 93.9 Å². The number of benzene rings is 1. The van der Waals surface area contributed by atoms with Gasteiger partial charge in [0.05, 0.1) is 0 Å². The van der Waals surface area contributed by atoms with Crippen molar-refractivity contribution in [2.45, 2.75) is 6.61 Å². The number of aromatic nitrogens is 2. The van der Waals surface area contributed by atoms with Crippen LogP contribution in [0.15, 0.2) is 34.2 Å². The van der Waals surface area contributed by atoms with Crippen LogP contribution in [-0.2, 0) is 6.61 Å². The zero-order valence-corrected chi connectivity index (χ0v) is 9.59. The van der Waals surface area contributed by atoms with Crippen LogP contribution in [0.3, 0.4) is 0 Å². The second-order valence-corrected chi connectivity index (χ2v) is 4.41. The van der Waals surface area contributed by atoms with Gasteiger partial charge in [-0.25, -0.2) is 0 Å². The molecule has 14 heavy (non-hydrogen) atoms. The summed E-state index contributed by atoms with van der Waals surface area (Å²) in [6.45, 7) is 0.478. The van der Waals surface area contributed by atoms with Gasteiger partial charge in [-0.15, -0.1) is 21.5 Å². The van der Waals surface area contributed by atoms with Crippen molar-refractivity contribution in [3.63, 3.8) is 0 Å². The second-order valence-electron chi connectivity index (χ2n) is 2.58. The molecule has 0 N–H and O–H groups in total. The van der Waals surface area contributed by atoms with Gasteiger partial charge in [-0.3, -0.25) is 0 Å². The number of nitrogens with zero attached hydrogens (tertiary/aromatic N) is 2. The number of ether oxygens (including phenoxy) is 1. The number of hydrogen-bond donors (Lipinski definition) is 0. The Morgan fingerprint density at radius 1 is 1.29 bits per heavy atom. The van der Waals surface area contributed by atoms with Crippen LogP contribution in [0, 0.1) is 0 Å². The highest BCUT2D eigenvalue weighted by Crippen LogP contribution is 2.17. The van der Waals surface area contributed by atoms with Gasteiger partial charge < -0.3 is 4.74 Å². The molecule has 0 unspecified atom stereocenters. The van der Waals surface area contributed by atoms with Gasteiger partial charge in [0.25, 0.3) is 0 Å². The Morgan fingerprint density at radius 2 is 2.07 bits per heavy atom. The summed E-state index contributed by atoms with van der Waals surface area (Å²) < 4.78 is 6.53. The van der Waals surface area contributed by atoms with Gasteiger partial charge >= 0.3 is 0 Å². The van der Waals surface area contributed by atoms with Crippen molar-refractivity contribution in [1.82, 2.24) is 10.2 Å². The third-order valence-electron chi connectivity index (χ3n) is 1.58. The molecule has 0 aliphatic rings. The average Bonchev–Trinajstić information content (AvgIpc) is 2.70. The minimum atomic E-state index is 0.478. The summed E-state index contributed by atoms with van der Waals surface area (Å²) in [5, 5.41) is 8.50. The summed E-state index contributed by atoms with van der Waals surface area (Å²) in [7, 11) is 0. The molecule has 0 saturated carbocycles. The molecular formula is C9H7BrN2OS. The molecule has 0 saturated heterocycles. The first-order valence-electron chi connectivity index (χ1n) is 3.98. The predicted molar refractivity (Wildman–Crippen MR) is 58.4 cm³/mol. The normalized spacial score (nSPS) is 10.1. The Hall–Kier alpha value is -0.940. The third-order valence-corrected chi connectivity index (χ3v) is 2.78. The maximum atomic E-state index is 5.49. The van der Waals surface area contributed by atoms with Crippen LogP contribution in [0.25, 0.3) is 0 Å². The predicted octanol–water partition coefficient (Wildman–Crippen LogP) is 2.88. The van der Waals surface area contributed by atoms with E-state index in [2.05, 4.69) is 26.1 Å². The van der Waals surface area contributed by atoms with Gasteiger partial charge in [-0.2, -0.15) is 0 Å². The Balaban J connectivity index is 1.95. The topological polar surface area (TPSA) is 35.0 Å². The lowest BCUT2D eigenvalue weighted by atomic mass is 10.3. The van der Waals surface area contributed by atoms with Crippen LogP contribution < -0.4 is 4.74 Å².